The molecular formula is C14H16BrN3O2. The number of hydrogen-bond acceptors (Lipinski definition) is 3. The second-order valence-electron chi connectivity index (χ2n) is 4.23. The number of anilines is 1. The molecule has 6 heteroatoms. The van der Waals surface area contributed by atoms with Crippen molar-refractivity contribution in [3.05, 3.63) is 46.1 Å². The normalized spacial score (nSPS) is 12.2. The van der Waals surface area contributed by atoms with Crippen molar-refractivity contribution < 1.29 is 9.53 Å². The second kappa shape index (κ2) is 6.67. The fourth-order valence-corrected chi connectivity index (χ4v) is 2.44. The number of halogens is 1. The van der Waals surface area contributed by atoms with E-state index in [-0.39, 0.29) is 5.91 Å². The van der Waals surface area contributed by atoms with E-state index in [1.807, 2.05) is 37.3 Å². The van der Waals surface area contributed by atoms with Gasteiger partial charge in [0, 0.05) is 7.11 Å². The van der Waals surface area contributed by atoms with E-state index in [1.54, 1.807) is 0 Å². The molecule has 0 spiro atoms. The maximum atomic E-state index is 12.3. The lowest BCUT2D eigenvalue weighted by atomic mass is 10.1. The Hall–Kier alpha value is -1.66. The summed E-state index contributed by atoms with van der Waals surface area (Å²) in [4.78, 5) is 12.3. The van der Waals surface area contributed by atoms with Gasteiger partial charge in [-0.3, -0.25) is 9.89 Å². The molecule has 106 valence electrons. The Balaban J connectivity index is 2.16. The van der Waals surface area contributed by atoms with Gasteiger partial charge in [0.2, 0.25) is 0 Å². The molecular weight excluding hydrogens is 322 g/mol. The highest BCUT2D eigenvalue weighted by atomic mass is 79.9. The smallest absolute Gasteiger partial charge is 0.259 e. The number of nitrogens with one attached hydrogen (secondary N) is 2. The van der Waals surface area contributed by atoms with Crippen LogP contribution in [0.25, 0.3) is 0 Å². The highest BCUT2D eigenvalue weighted by Gasteiger charge is 2.22. The number of rotatable bonds is 5. The molecule has 2 rings (SSSR count). The van der Waals surface area contributed by atoms with E-state index in [9.17, 15) is 4.79 Å². The van der Waals surface area contributed by atoms with E-state index < -0.39 is 6.10 Å². The van der Waals surface area contributed by atoms with Gasteiger partial charge in [0.1, 0.15) is 0 Å². The number of benzene rings is 1. The van der Waals surface area contributed by atoms with Crippen LogP contribution in [0.1, 0.15) is 24.3 Å². The molecule has 0 fully saturated rings. The molecule has 0 aliphatic rings. The zero-order chi connectivity index (χ0) is 14.5. The van der Waals surface area contributed by atoms with Gasteiger partial charge in [-0.25, -0.2) is 0 Å². The molecule has 1 aromatic carbocycles. The van der Waals surface area contributed by atoms with Crippen molar-refractivity contribution in [2.75, 3.05) is 12.4 Å². The summed E-state index contributed by atoms with van der Waals surface area (Å²) in [5.41, 5.74) is 1.74. The highest BCUT2D eigenvalue weighted by molar-refractivity contribution is 9.10. The molecule has 0 saturated heterocycles. The van der Waals surface area contributed by atoms with Crippen LogP contribution in [0, 0.1) is 0 Å². The van der Waals surface area contributed by atoms with Gasteiger partial charge < -0.3 is 10.1 Å². The maximum absolute atomic E-state index is 12.3. The summed E-state index contributed by atoms with van der Waals surface area (Å²) in [6.45, 7) is 2.01. The Bertz CT molecular complexity index is 583. The van der Waals surface area contributed by atoms with E-state index in [0.29, 0.717) is 5.82 Å². The number of carbonyl (C=O) groups is 1. The monoisotopic (exact) mass is 337 g/mol. The van der Waals surface area contributed by atoms with E-state index in [2.05, 4.69) is 31.4 Å². The van der Waals surface area contributed by atoms with Crippen molar-refractivity contribution in [2.45, 2.75) is 19.4 Å². The Kier molecular flexibility index (Phi) is 4.92. The largest absolute Gasteiger partial charge is 0.367 e. The predicted octanol–water partition coefficient (Wildman–Crippen LogP) is 3.06. The summed E-state index contributed by atoms with van der Waals surface area (Å²) >= 11 is 3.42. The van der Waals surface area contributed by atoms with Gasteiger partial charge >= 0.3 is 0 Å². The Morgan fingerprint density at radius 3 is 2.70 bits per heavy atom. The fraction of sp³-hybridized carbons (Fsp3) is 0.286. The zero-order valence-corrected chi connectivity index (χ0v) is 12.9. The number of methoxy groups -OCH3 is 1. The fourth-order valence-electron chi connectivity index (χ4n) is 1.89. The molecule has 0 radical (unpaired) electrons. The first-order valence-electron chi connectivity index (χ1n) is 6.28. The standard InChI is InChI=1S/C14H16BrN3O2/c1-3-10-11(15)13(18-17-10)16-14(19)12(20-2)9-7-5-4-6-8-9/h4-8,12H,3H2,1-2H3,(H2,16,17,18,19). The van der Waals surface area contributed by atoms with Gasteiger partial charge in [0.05, 0.1) is 10.2 Å². The number of aryl methyl sites for hydroxylation is 1. The van der Waals surface area contributed by atoms with Crippen molar-refractivity contribution in [1.82, 2.24) is 10.2 Å². The van der Waals surface area contributed by atoms with Crippen LogP contribution in [0.5, 0.6) is 0 Å². The number of aromatic nitrogens is 2. The minimum absolute atomic E-state index is 0.256. The molecule has 0 aliphatic heterocycles. The van der Waals surface area contributed by atoms with Crippen LogP contribution in [0.3, 0.4) is 0 Å². The summed E-state index contributed by atoms with van der Waals surface area (Å²) in [6.07, 6.45) is 0.139. The molecule has 1 heterocycles. The predicted molar refractivity (Wildman–Crippen MR) is 80.5 cm³/mol. The van der Waals surface area contributed by atoms with Crippen LogP contribution >= 0.6 is 15.9 Å². The molecule has 0 saturated carbocycles. The van der Waals surface area contributed by atoms with Crippen LogP contribution in [-0.4, -0.2) is 23.2 Å². The number of aromatic amines is 1. The Morgan fingerprint density at radius 1 is 1.45 bits per heavy atom. The molecule has 2 N–H and O–H groups in total. The van der Waals surface area contributed by atoms with Gasteiger partial charge in [-0.1, -0.05) is 37.3 Å². The van der Waals surface area contributed by atoms with Crippen molar-refractivity contribution in [3.63, 3.8) is 0 Å². The van der Waals surface area contributed by atoms with Gasteiger partial charge in [0.15, 0.2) is 11.9 Å². The summed E-state index contributed by atoms with van der Waals surface area (Å²) in [5.74, 6) is 0.221. The molecule has 1 aromatic heterocycles. The lowest BCUT2D eigenvalue weighted by Crippen LogP contribution is -2.22. The van der Waals surface area contributed by atoms with E-state index in [1.165, 1.54) is 7.11 Å². The quantitative estimate of drug-likeness (QED) is 0.881. The van der Waals surface area contributed by atoms with Gasteiger partial charge in [-0.05, 0) is 27.9 Å². The Labute approximate surface area is 125 Å². The molecule has 0 bridgehead atoms. The summed E-state index contributed by atoms with van der Waals surface area (Å²) in [6, 6.07) is 9.34. The number of carbonyl (C=O) groups excluding carboxylic acids is 1. The van der Waals surface area contributed by atoms with Crippen LogP contribution in [0.15, 0.2) is 34.8 Å². The summed E-state index contributed by atoms with van der Waals surface area (Å²) < 4.78 is 6.05. The third-order valence-corrected chi connectivity index (χ3v) is 3.80. The van der Waals surface area contributed by atoms with Crippen molar-refractivity contribution in [1.29, 1.82) is 0 Å². The summed E-state index contributed by atoms with van der Waals surface area (Å²) in [5, 5.41) is 9.71. The number of H-pyrrole nitrogens is 1. The molecule has 0 aliphatic carbocycles. The average Bonchev–Trinajstić information content (AvgIpc) is 2.81. The molecule has 1 amide bonds. The van der Waals surface area contributed by atoms with Gasteiger partial charge in [-0.15, -0.1) is 0 Å². The van der Waals surface area contributed by atoms with E-state index in [4.69, 9.17) is 4.74 Å². The third-order valence-electron chi connectivity index (χ3n) is 2.95. The van der Waals surface area contributed by atoms with Crippen LogP contribution in [0.2, 0.25) is 0 Å². The maximum Gasteiger partial charge on any atom is 0.259 e. The van der Waals surface area contributed by atoms with Crippen molar-refractivity contribution >= 4 is 27.7 Å². The highest BCUT2D eigenvalue weighted by Crippen LogP contribution is 2.26. The zero-order valence-electron chi connectivity index (χ0n) is 11.3. The summed E-state index contributed by atoms with van der Waals surface area (Å²) in [7, 11) is 1.51. The molecule has 1 unspecified atom stereocenters. The minimum atomic E-state index is -0.662. The Morgan fingerprint density at radius 2 is 2.15 bits per heavy atom. The lowest BCUT2D eigenvalue weighted by molar-refractivity contribution is -0.126. The molecule has 5 nitrogen and oxygen atoms in total. The van der Waals surface area contributed by atoms with Gasteiger partial charge in [0.25, 0.3) is 5.91 Å². The molecule has 1 atom stereocenters. The second-order valence-corrected chi connectivity index (χ2v) is 5.03. The van der Waals surface area contributed by atoms with E-state index in [0.717, 1.165) is 22.2 Å². The van der Waals surface area contributed by atoms with Crippen LogP contribution in [0.4, 0.5) is 5.82 Å². The van der Waals surface area contributed by atoms with Gasteiger partial charge in [-0.2, -0.15) is 5.10 Å². The SMILES string of the molecule is CCc1[nH]nc(NC(=O)C(OC)c2ccccc2)c1Br. The first-order chi connectivity index (χ1) is 9.67. The first kappa shape index (κ1) is 14.7. The van der Waals surface area contributed by atoms with Crippen LogP contribution in [-0.2, 0) is 16.0 Å². The van der Waals surface area contributed by atoms with Crippen molar-refractivity contribution in [2.24, 2.45) is 0 Å². The van der Waals surface area contributed by atoms with Crippen molar-refractivity contribution in [3.8, 4) is 0 Å². The number of hydrogen-bond donors (Lipinski definition) is 2. The average molecular weight is 338 g/mol. The molecule has 2 aromatic rings. The number of nitrogens with zero attached hydrogens (tertiary/aromatic N) is 1. The van der Waals surface area contributed by atoms with E-state index >= 15 is 0 Å². The minimum Gasteiger partial charge on any atom is -0.367 e. The first-order valence-corrected chi connectivity index (χ1v) is 7.08. The third kappa shape index (κ3) is 3.08. The number of ether oxygens (including phenoxy) is 1. The van der Waals surface area contributed by atoms with Crippen LogP contribution < -0.4 is 5.32 Å². The lowest BCUT2D eigenvalue weighted by Gasteiger charge is -2.14. The topological polar surface area (TPSA) is 67.0 Å². The number of amides is 1. The molecule has 20 heavy (non-hydrogen) atoms.